The van der Waals surface area contributed by atoms with Gasteiger partial charge in [0, 0.05) is 5.56 Å². The highest BCUT2D eigenvalue weighted by atomic mass is 16.5. The van der Waals surface area contributed by atoms with E-state index in [2.05, 4.69) is 9.89 Å². The first-order chi connectivity index (χ1) is 6.56. The van der Waals surface area contributed by atoms with Crippen molar-refractivity contribution in [2.75, 3.05) is 7.11 Å². The van der Waals surface area contributed by atoms with Crippen LogP contribution in [0.4, 0.5) is 0 Å². The first kappa shape index (κ1) is 10.4. The maximum atomic E-state index is 11.4. The first-order valence-electron chi connectivity index (χ1n) is 4.09. The van der Waals surface area contributed by atoms with Crippen molar-refractivity contribution >= 4 is 11.8 Å². The maximum absolute atomic E-state index is 11.4. The van der Waals surface area contributed by atoms with Gasteiger partial charge in [-0.05, 0) is 13.8 Å². The van der Waals surface area contributed by atoms with Crippen LogP contribution in [0.3, 0.4) is 0 Å². The van der Waals surface area contributed by atoms with Crippen molar-refractivity contribution < 1.29 is 18.8 Å². The minimum Gasteiger partial charge on any atom is -0.469 e. The highest BCUT2D eigenvalue weighted by molar-refractivity contribution is 6.05. The van der Waals surface area contributed by atoms with Gasteiger partial charge in [-0.1, -0.05) is 5.16 Å². The second-order valence-electron chi connectivity index (χ2n) is 2.89. The van der Waals surface area contributed by atoms with Crippen LogP contribution in [-0.2, 0) is 9.53 Å². The molecule has 5 heteroatoms. The van der Waals surface area contributed by atoms with Crippen molar-refractivity contribution in [3.8, 4) is 0 Å². The zero-order valence-corrected chi connectivity index (χ0v) is 8.29. The number of hydrogen-bond donors (Lipinski definition) is 0. The van der Waals surface area contributed by atoms with Gasteiger partial charge in [-0.15, -0.1) is 0 Å². The summed E-state index contributed by atoms with van der Waals surface area (Å²) in [6.45, 7) is 3.42. The molecule has 1 aromatic rings. The Morgan fingerprint density at radius 2 is 2.07 bits per heavy atom. The molecule has 1 aromatic heterocycles. The predicted octanol–water partition coefficient (Wildman–Crippen LogP) is 1.04. The zero-order chi connectivity index (χ0) is 10.7. The van der Waals surface area contributed by atoms with Crippen LogP contribution in [0.2, 0.25) is 0 Å². The molecule has 1 rings (SSSR count). The van der Waals surface area contributed by atoms with E-state index in [0.29, 0.717) is 11.3 Å². The molecule has 76 valence electrons. The van der Waals surface area contributed by atoms with E-state index in [4.69, 9.17) is 4.52 Å². The lowest BCUT2D eigenvalue weighted by Gasteiger charge is -1.96. The fraction of sp³-hybridized carbons (Fsp3) is 0.444. The Balaban J connectivity index is 2.80. The van der Waals surface area contributed by atoms with E-state index in [0.717, 1.165) is 0 Å². The van der Waals surface area contributed by atoms with Gasteiger partial charge in [0.15, 0.2) is 11.5 Å². The number of carbonyl (C=O) groups excluding carboxylic acids is 2. The fourth-order valence-corrected chi connectivity index (χ4v) is 0.965. The SMILES string of the molecule is COC(=O)CC(=O)c1noc(C)c1C. The summed E-state index contributed by atoms with van der Waals surface area (Å²) in [5.41, 5.74) is 0.867. The third-order valence-corrected chi connectivity index (χ3v) is 1.95. The van der Waals surface area contributed by atoms with Gasteiger partial charge in [-0.2, -0.15) is 0 Å². The number of aryl methyl sites for hydroxylation is 1. The molecule has 0 saturated heterocycles. The van der Waals surface area contributed by atoms with E-state index >= 15 is 0 Å². The molecular weight excluding hydrogens is 186 g/mol. The van der Waals surface area contributed by atoms with Crippen LogP contribution in [-0.4, -0.2) is 24.0 Å². The number of nitrogens with zero attached hydrogens (tertiary/aromatic N) is 1. The normalized spacial score (nSPS) is 9.93. The van der Waals surface area contributed by atoms with Gasteiger partial charge < -0.3 is 9.26 Å². The zero-order valence-electron chi connectivity index (χ0n) is 8.29. The van der Waals surface area contributed by atoms with Gasteiger partial charge in [-0.25, -0.2) is 0 Å². The Bertz CT molecular complexity index is 367. The number of aromatic nitrogens is 1. The van der Waals surface area contributed by atoms with E-state index in [-0.39, 0.29) is 17.9 Å². The van der Waals surface area contributed by atoms with Crippen LogP contribution in [0.25, 0.3) is 0 Å². The van der Waals surface area contributed by atoms with Gasteiger partial charge in [0.25, 0.3) is 0 Å². The minimum absolute atomic E-state index is 0.202. The smallest absolute Gasteiger partial charge is 0.313 e. The minimum atomic E-state index is -0.574. The average Bonchev–Trinajstić information content (AvgIpc) is 2.47. The molecule has 0 atom stereocenters. The lowest BCUT2D eigenvalue weighted by atomic mass is 10.1. The van der Waals surface area contributed by atoms with Crippen molar-refractivity contribution in [3.63, 3.8) is 0 Å². The molecule has 0 amide bonds. The Hall–Kier alpha value is -1.65. The molecule has 0 spiro atoms. The van der Waals surface area contributed by atoms with Crippen molar-refractivity contribution in [1.82, 2.24) is 5.16 Å². The number of esters is 1. The van der Waals surface area contributed by atoms with Crippen molar-refractivity contribution in [3.05, 3.63) is 17.0 Å². The quantitative estimate of drug-likeness (QED) is 0.411. The third kappa shape index (κ3) is 1.99. The van der Waals surface area contributed by atoms with Crippen LogP contribution in [0.15, 0.2) is 4.52 Å². The van der Waals surface area contributed by atoms with Crippen LogP contribution in [0.5, 0.6) is 0 Å². The molecule has 5 nitrogen and oxygen atoms in total. The monoisotopic (exact) mass is 197 g/mol. The van der Waals surface area contributed by atoms with Crippen LogP contribution in [0, 0.1) is 13.8 Å². The lowest BCUT2D eigenvalue weighted by Crippen LogP contribution is -2.10. The molecule has 0 unspecified atom stereocenters. The third-order valence-electron chi connectivity index (χ3n) is 1.95. The van der Waals surface area contributed by atoms with E-state index in [1.807, 2.05) is 0 Å². The number of rotatable bonds is 3. The van der Waals surface area contributed by atoms with Gasteiger partial charge in [0.2, 0.25) is 0 Å². The maximum Gasteiger partial charge on any atom is 0.313 e. The summed E-state index contributed by atoms with van der Waals surface area (Å²) in [4.78, 5) is 22.2. The number of hydrogen-bond acceptors (Lipinski definition) is 5. The van der Waals surface area contributed by atoms with Crippen molar-refractivity contribution in [2.24, 2.45) is 0 Å². The van der Waals surface area contributed by atoms with Gasteiger partial charge in [0.05, 0.1) is 7.11 Å². The van der Waals surface area contributed by atoms with E-state index < -0.39 is 5.97 Å². The van der Waals surface area contributed by atoms with E-state index in [9.17, 15) is 9.59 Å². The second kappa shape index (κ2) is 4.04. The molecule has 0 radical (unpaired) electrons. The number of ketones is 1. The Morgan fingerprint density at radius 1 is 1.43 bits per heavy atom. The molecule has 0 aliphatic heterocycles. The summed E-state index contributed by atoms with van der Waals surface area (Å²) in [7, 11) is 1.23. The lowest BCUT2D eigenvalue weighted by molar-refractivity contribution is -0.139. The molecule has 0 fully saturated rings. The predicted molar refractivity (Wildman–Crippen MR) is 46.9 cm³/mol. The number of carbonyl (C=O) groups is 2. The molecule has 0 aromatic carbocycles. The number of Topliss-reactive ketones (excluding diaryl/α,β-unsaturated/α-hetero) is 1. The Kier molecular flexibility index (Phi) is 3.01. The summed E-state index contributed by atoms with van der Waals surface area (Å²) >= 11 is 0. The molecule has 0 saturated carbocycles. The van der Waals surface area contributed by atoms with Crippen molar-refractivity contribution in [1.29, 1.82) is 0 Å². The molecule has 0 bridgehead atoms. The van der Waals surface area contributed by atoms with E-state index in [1.165, 1.54) is 7.11 Å². The van der Waals surface area contributed by atoms with Crippen LogP contribution in [0.1, 0.15) is 28.2 Å². The highest BCUT2D eigenvalue weighted by Gasteiger charge is 2.19. The molecule has 0 aliphatic rings. The summed E-state index contributed by atoms with van der Waals surface area (Å²) in [5.74, 6) is -0.375. The van der Waals surface area contributed by atoms with Gasteiger partial charge in [0.1, 0.15) is 12.2 Å². The van der Waals surface area contributed by atoms with Crippen LogP contribution >= 0.6 is 0 Å². The Morgan fingerprint density at radius 3 is 2.50 bits per heavy atom. The average molecular weight is 197 g/mol. The number of methoxy groups -OCH3 is 1. The molecule has 14 heavy (non-hydrogen) atoms. The largest absolute Gasteiger partial charge is 0.469 e. The highest BCUT2D eigenvalue weighted by Crippen LogP contribution is 2.13. The molecular formula is C9H11NO4. The first-order valence-corrected chi connectivity index (χ1v) is 4.09. The number of ether oxygens (including phenoxy) is 1. The summed E-state index contributed by atoms with van der Waals surface area (Å²) in [6, 6.07) is 0. The molecule has 1 heterocycles. The van der Waals surface area contributed by atoms with Gasteiger partial charge >= 0.3 is 5.97 Å². The second-order valence-corrected chi connectivity index (χ2v) is 2.89. The van der Waals surface area contributed by atoms with E-state index in [1.54, 1.807) is 13.8 Å². The summed E-state index contributed by atoms with van der Waals surface area (Å²) < 4.78 is 9.18. The topological polar surface area (TPSA) is 69.4 Å². The van der Waals surface area contributed by atoms with Gasteiger partial charge in [-0.3, -0.25) is 9.59 Å². The Labute approximate surface area is 81.0 Å². The van der Waals surface area contributed by atoms with Crippen LogP contribution < -0.4 is 0 Å². The standard InChI is InChI=1S/C9H11NO4/c1-5-6(2)14-10-9(5)7(11)4-8(12)13-3/h4H2,1-3H3. The summed E-state index contributed by atoms with van der Waals surface area (Å²) in [5, 5.41) is 3.57. The molecule has 0 aliphatic carbocycles. The fourth-order valence-electron chi connectivity index (χ4n) is 0.965. The summed E-state index contributed by atoms with van der Waals surface area (Å²) in [6.07, 6.45) is -0.302. The molecule has 0 N–H and O–H groups in total. The van der Waals surface area contributed by atoms with Crippen molar-refractivity contribution in [2.45, 2.75) is 20.3 Å².